The van der Waals surface area contributed by atoms with Gasteiger partial charge in [-0.1, -0.05) is 0 Å². The number of aromatic nitrogens is 2. The van der Waals surface area contributed by atoms with Crippen LogP contribution in [0.15, 0.2) is 35.6 Å². The number of imidazole rings is 1. The fraction of sp³-hybridized carbons (Fsp3) is 0.294. The molecule has 1 unspecified atom stereocenters. The highest BCUT2D eigenvalue weighted by atomic mass is 19.1. The van der Waals surface area contributed by atoms with E-state index in [1.54, 1.807) is 30.5 Å². The van der Waals surface area contributed by atoms with Crippen LogP contribution in [0.2, 0.25) is 0 Å². The number of fused-ring (bicyclic) bond motifs is 1. The summed E-state index contributed by atoms with van der Waals surface area (Å²) in [5.74, 6) is -1.16. The molecule has 1 aromatic heterocycles. The van der Waals surface area contributed by atoms with Crippen LogP contribution in [0, 0.1) is 5.82 Å². The van der Waals surface area contributed by atoms with Crippen LogP contribution in [0.1, 0.15) is 26.0 Å². The van der Waals surface area contributed by atoms with E-state index < -0.39 is 17.5 Å². The third kappa shape index (κ3) is 3.28. The lowest BCUT2D eigenvalue weighted by Gasteiger charge is -2.31. The van der Waals surface area contributed by atoms with Crippen LogP contribution in [-0.4, -0.2) is 39.4 Å². The number of esters is 1. The number of carbonyl (C=O) groups excluding carboxylic acids is 2. The van der Waals surface area contributed by atoms with Gasteiger partial charge in [-0.2, -0.15) is 0 Å². The van der Waals surface area contributed by atoms with Crippen LogP contribution in [0.25, 0.3) is 5.69 Å². The second-order valence-corrected chi connectivity index (χ2v) is 5.99. The zero-order valence-corrected chi connectivity index (χ0v) is 14.3. The zero-order valence-electron chi connectivity index (χ0n) is 14.3. The highest BCUT2D eigenvalue weighted by Crippen LogP contribution is 2.31. The molecule has 0 radical (unpaired) electrons. The molecule has 3 N–H and O–H groups in total. The maximum atomic E-state index is 13.2. The molecule has 1 amide bonds. The molecule has 0 aliphatic carbocycles. The van der Waals surface area contributed by atoms with Gasteiger partial charge in [0.1, 0.15) is 29.3 Å². The Bertz CT molecular complexity index is 890. The molecule has 2 aromatic rings. The molecule has 26 heavy (non-hydrogen) atoms. The van der Waals surface area contributed by atoms with E-state index in [4.69, 9.17) is 10.5 Å². The van der Waals surface area contributed by atoms with Crippen molar-refractivity contribution in [3.8, 4) is 5.69 Å². The first kappa shape index (κ1) is 17.6. The summed E-state index contributed by atoms with van der Waals surface area (Å²) in [7, 11) is 0. The maximum absolute atomic E-state index is 13.2. The van der Waals surface area contributed by atoms with Gasteiger partial charge in [0.05, 0.1) is 13.0 Å². The van der Waals surface area contributed by atoms with E-state index in [1.807, 2.05) is 0 Å². The van der Waals surface area contributed by atoms with Gasteiger partial charge in [0.15, 0.2) is 5.71 Å². The van der Waals surface area contributed by atoms with Gasteiger partial charge in [0.25, 0.3) is 5.91 Å². The number of nitrogens with zero attached hydrogens (tertiary/aromatic N) is 3. The summed E-state index contributed by atoms with van der Waals surface area (Å²) in [6.07, 6.45) is 1.37. The molecule has 0 saturated heterocycles. The number of aliphatic imine (C=N–C) groups is 1. The number of anilines is 1. The first-order valence-corrected chi connectivity index (χ1v) is 8.00. The summed E-state index contributed by atoms with van der Waals surface area (Å²) in [4.78, 5) is 32.3. The van der Waals surface area contributed by atoms with Gasteiger partial charge in [-0.25, -0.2) is 14.4 Å². The summed E-state index contributed by atoms with van der Waals surface area (Å²) in [5.41, 5.74) is 5.16. The predicted molar refractivity (Wildman–Crippen MR) is 92.5 cm³/mol. The van der Waals surface area contributed by atoms with Gasteiger partial charge in [0, 0.05) is 5.69 Å². The zero-order chi connectivity index (χ0) is 18.9. The van der Waals surface area contributed by atoms with Crippen LogP contribution < -0.4 is 11.1 Å². The molecule has 0 saturated carbocycles. The number of hydrogen-bond acceptors (Lipinski definition) is 6. The number of hydrogen-bond donors (Lipinski definition) is 2. The molecule has 3 rings (SSSR count). The summed E-state index contributed by atoms with van der Waals surface area (Å²) < 4.78 is 19.8. The Balaban J connectivity index is 2.05. The standard InChI is InChI=1S/C17H18FN5O3/c1-3-26-12(24)8-17(2)21-13(15(19)25)14-16(22-17)23(9-20-14)11-6-4-10(18)5-7-11/h4-7,9,22H,3,8H2,1-2H3,(H2,19,25). The van der Waals surface area contributed by atoms with Crippen LogP contribution in [0.4, 0.5) is 10.2 Å². The minimum Gasteiger partial charge on any atom is -0.466 e. The van der Waals surface area contributed by atoms with Crippen LogP contribution >= 0.6 is 0 Å². The number of halogens is 1. The second-order valence-electron chi connectivity index (χ2n) is 5.99. The number of nitrogens with two attached hydrogens (primary N) is 1. The summed E-state index contributed by atoms with van der Waals surface area (Å²) in [6.45, 7) is 3.59. The lowest BCUT2D eigenvalue weighted by atomic mass is 10.0. The molecule has 2 heterocycles. The van der Waals surface area contributed by atoms with Gasteiger partial charge in [-0.05, 0) is 38.1 Å². The Labute approximate surface area is 148 Å². The van der Waals surface area contributed by atoms with E-state index in [0.717, 1.165) is 0 Å². The van der Waals surface area contributed by atoms with E-state index in [1.165, 1.54) is 18.5 Å². The van der Waals surface area contributed by atoms with E-state index in [0.29, 0.717) is 11.5 Å². The maximum Gasteiger partial charge on any atom is 0.310 e. The molecule has 8 nitrogen and oxygen atoms in total. The van der Waals surface area contributed by atoms with Crippen LogP contribution in [-0.2, 0) is 14.3 Å². The fourth-order valence-corrected chi connectivity index (χ4v) is 2.77. The minimum atomic E-state index is -1.14. The third-order valence-corrected chi connectivity index (χ3v) is 3.87. The van der Waals surface area contributed by atoms with Gasteiger partial charge in [-0.3, -0.25) is 14.2 Å². The quantitative estimate of drug-likeness (QED) is 0.784. The fourth-order valence-electron chi connectivity index (χ4n) is 2.77. The normalized spacial score (nSPS) is 18.5. The van der Waals surface area contributed by atoms with Gasteiger partial charge < -0.3 is 15.8 Å². The minimum absolute atomic E-state index is 0.0357. The number of benzene rings is 1. The molecule has 0 bridgehead atoms. The van der Waals surface area contributed by atoms with Crippen LogP contribution in [0.5, 0.6) is 0 Å². The SMILES string of the molecule is CCOC(=O)CC1(C)N=C(C(N)=O)c2ncn(-c3ccc(F)cc3)c2N1. The topological polar surface area (TPSA) is 112 Å². The average molecular weight is 359 g/mol. The van der Waals surface area contributed by atoms with Gasteiger partial charge in [0.2, 0.25) is 0 Å². The van der Waals surface area contributed by atoms with Crippen molar-refractivity contribution in [3.63, 3.8) is 0 Å². The van der Waals surface area contributed by atoms with E-state index in [-0.39, 0.29) is 30.3 Å². The van der Waals surface area contributed by atoms with Crippen molar-refractivity contribution in [1.82, 2.24) is 9.55 Å². The van der Waals surface area contributed by atoms with Crippen molar-refractivity contribution in [2.24, 2.45) is 10.7 Å². The molecule has 1 aliphatic rings. The largest absolute Gasteiger partial charge is 0.466 e. The number of rotatable bonds is 5. The molecule has 136 valence electrons. The summed E-state index contributed by atoms with van der Waals surface area (Å²) in [6, 6.07) is 5.76. The number of amides is 1. The molecule has 9 heteroatoms. The molecule has 1 atom stereocenters. The highest BCUT2D eigenvalue weighted by molar-refractivity contribution is 6.45. The summed E-state index contributed by atoms with van der Waals surface area (Å²) >= 11 is 0. The Morgan fingerprint density at radius 2 is 2.04 bits per heavy atom. The lowest BCUT2D eigenvalue weighted by Crippen LogP contribution is -2.43. The van der Waals surface area contributed by atoms with E-state index in [9.17, 15) is 14.0 Å². The molecule has 1 aliphatic heterocycles. The summed E-state index contributed by atoms with van der Waals surface area (Å²) in [5, 5.41) is 3.12. The van der Waals surface area contributed by atoms with Gasteiger partial charge >= 0.3 is 5.97 Å². The van der Waals surface area contributed by atoms with E-state index >= 15 is 0 Å². The second kappa shape index (κ2) is 6.58. The first-order valence-electron chi connectivity index (χ1n) is 8.00. The number of nitrogens with one attached hydrogen (secondary N) is 1. The number of ether oxygens (including phenoxy) is 1. The van der Waals surface area contributed by atoms with Crippen molar-refractivity contribution in [3.05, 3.63) is 42.1 Å². The smallest absolute Gasteiger partial charge is 0.310 e. The van der Waals surface area contributed by atoms with Crippen molar-refractivity contribution < 1.29 is 18.7 Å². The van der Waals surface area contributed by atoms with E-state index in [2.05, 4.69) is 15.3 Å². The molecular weight excluding hydrogens is 341 g/mol. The molecular formula is C17H18FN5O3. The number of carbonyl (C=O) groups is 2. The number of primary amides is 1. The lowest BCUT2D eigenvalue weighted by molar-refractivity contribution is -0.144. The van der Waals surface area contributed by atoms with Crippen molar-refractivity contribution >= 4 is 23.4 Å². The Hall–Kier alpha value is -3.23. The first-order chi connectivity index (χ1) is 12.3. The Kier molecular flexibility index (Phi) is 4.45. The van der Waals surface area contributed by atoms with Crippen molar-refractivity contribution in [2.75, 3.05) is 11.9 Å². The third-order valence-electron chi connectivity index (χ3n) is 3.87. The van der Waals surface area contributed by atoms with Crippen molar-refractivity contribution in [2.45, 2.75) is 25.9 Å². The predicted octanol–water partition coefficient (Wildman–Crippen LogP) is 1.38. The Morgan fingerprint density at radius 1 is 1.35 bits per heavy atom. The molecule has 0 fully saturated rings. The van der Waals surface area contributed by atoms with Crippen molar-refractivity contribution in [1.29, 1.82) is 0 Å². The average Bonchev–Trinajstić information content (AvgIpc) is 2.97. The van der Waals surface area contributed by atoms with Gasteiger partial charge in [-0.15, -0.1) is 0 Å². The van der Waals surface area contributed by atoms with Crippen LogP contribution in [0.3, 0.4) is 0 Å². The monoisotopic (exact) mass is 359 g/mol. The Morgan fingerprint density at radius 3 is 2.65 bits per heavy atom. The highest BCUT2D eigenvalue weighted by Gasteiger charge is 2.37. The molecule has 0 spiro atoms. The molecule has 1 aromatic carbocycles.